The summed E-state index contributed by atoms with van der Waals surface area (Å²) in [4.78, 5) is 24.8. The van der Waals surface area contributed by atoms with Gasteiger partial charge in [-0.2, -0.15) is 5.10 Å². The van der Waals surface area contributed by atoms with E-state index in [1.54, 1.807) is 9.58 Å². The molecule has 3 N–H and O–H groups in total. The minimum atomic E-state index is -0.301. The van der Waals surface area contributed by atoms with Gasteiger partial charge in [0.25, 0.3) is 0 Å². The number of carbonyl (C=O) groups excluding carboxylic acids is 2. The van der Waals surface area contributed by atoms with E-state index >= 15 is 0 Å². The van der Waals surface area contributed by atoms with Crippen LogP contribution in [0.4, 0.5) is 4.79 Å². The largest absolute Gasteiger partial charge is 0.370 e. The van der Waals surface area contributed by atoms with Gasteiger partial charge >= 0.3 is 6.03 Å². The standard InChI is InChI=1S/C14H23N5O2/c1-3-12-11(9-18(2)17-12)7-16-14(21)19-5-4-10(8-19)6-13(15)20/h9-10H,3-8H2,1-2H3,(H2,15,20)(H,16,21). The monoisotopic (exact) mass is 293 g/mol. The zero-order valence-electron chi connectivity index (χ0n) is 12.6. The molecular formula is C14H23N5O2. The molecule has 3 amide bonds. The summed E-state index contributed by atoms with van der Waals surface area (Å²) in [6.07, 6.45) is 3.96. The van der Waals surface area contributed by atoms with Gasteiger partial charge in [0.2, 0.25) is 5.91 Å². The number of nitrogens with zero attached hydrogens (tertiary/aromatic N) is 3. The third-order valence-electron chi connectivity index (χ3n) is 3.82. The van der Waals surface area contributed by atoms with Crippen LogP contribution in [0.2, 0.25) is 0 Å². The molecule has 2 heterocycles. The highest BCUT2D eigenvalue weighted by Gasteiger charge is 2.27. The second-order valence-electron chi connectivity index (χ2n) is 5.56. The fourth-order valence-corrected chi connectivity index (χ4v) is 2.78. The van der Waals surface area contributed by atoms with Crippen LogP contribution in [0, 0.1) is 5.92 Å². The first kappa shape index (κ1) is 15.3. The average molecular weight is 293 g/mol. The van der Waals surface area contributed by atoms with Gasteiger partial charge in [-0.15, -0.1) is 0 Å². The molecule has 0 spiro atoms. The summed E-state index contributed by atoms with van der Waals surface area (Å²) in [5, 5.41) is 7.27. The van der Waals surface area contributed by atoms with Crippen LogP contribution in [0.25, 0.3) is 0 Å². The van der Waals surface area contributed by atoms with E-state index in [1.165, 1.54) is 0 Å². The molecule has 7 heteroatoms. The molecule has 0 saturated carbocycles. The highest BCUT2D eigenvalue weighted by atomic mass is 16.2. The average Bonchev–Trinajstić information content (AvgIpc) is 3.01. The summed E-state index contributed by atoms with van der Waals surface area (Å²) in [7, 11) is 1.87. The van der Waals surface area contributed by atoms with Crippen molar-refractivity contribution in [1.82, 2.24) is 20.0 Å². The van der Waals surface area contributed by atoms with Gasteiger partial charge in [-0.1, -0.05) is 6.92 Å². The molecule has 1 aliphatic heterocycles. The summed E-state index contributed by atoms with van der Waals surface area (Å²) in [5.74, 6) is -0.108. The van der Waals surface area contributed by atoms with E-state index in [9.17, 15) is 9.59 Å². The highest BCUT2D eigenvalue weighted by molar-refractivity contribution is 5.76. The molecule has 1 atom stereocenters. The number of urea groups is 1. The topological polar surface area (TPSA) is 93.2 Å². The maximum atomic E-state index is 12.1. The second-order valence-corrected chi connectivity index (χ2v) is 5.56. The number of rotatable bonds is 5. The van der Waals surface area contributed by atoms with E-state index in [-0.39, 0.29) is 17.9 Å². The van der Waals surface area contributed by atoms with E-state index in [0.717, 1.165) is 24.1 Å². The summed E-state index contributed by atoms with van der Waals surface area (Å²) >= 11 is 0. The van der Waals surface area contributed by atoms with E-state index in [0.29, 0.717) is 26.1 Å². The number of aromatic nitrogens is 2. The predicted octanol–water partition coefficient (Wildman–Crippen LogP) is 0.389. The van der Waals surface area contributed by atoms with Gasteiger partial charge in [0.15, 0.2) is 0 Å². The Bertz CT molecular complexity index is 525. The SMILES string of the molecule is CCc1nn(C)cc1CNC(=O)N1CCC(CC(N)=O)C1. The van der Waals surface area contributed by atoms with Gasteiger partial charge in [-0.25, -0.2) is 4.79 Å². The summed E-state index contributed by atoms with van der Waals surface area (Å²) in [6.45, 7) is 3.80. The molecule has 1 aliphatic rings. The molecule has 1 unspecified atom stereocenters. The number of nitrogens with one attached hydrogen (secondary N) is 1. The summed E-state index contributed by atoms with van der Waals surface area (Å²) in [6, 6.07) is -0.0899. The van der Waals surface area contributed by atoms with Crippen LogP contribution in [-0.4, -0.2) is 39.7 Å². The van der Waals surface area contributed by atoms with Gasteiger partial charge in [0, 0.05) is 44.9 Å². The van der Waals surface area contributed by atoms with Crippen LogP contribution in [0.3, 0.4) is 0 Å². The number of carbonyl (C=O) groups is 2. The number of amides is 3. The van der Waals surface area contributed by atoms with Crippen molar-refractivity contribution in [2.45, 2.75) is 32.7 Å². The first-order valence-corrected chi connectivity index (χ1v) is 7.32. The lowest BCUT2D eigenvalue weighted by Crippen LogP contribution is -2.38. The first-order valence-electron chi connectivity index (χ1n) is 7.32. The lowest BCUT2D eigenvalue weighted by molar-refractivity contribution is -0.118. The minimum absolute atomic E-state index is 0.0899. The van der Waals surface area contributed by atoms with Crippen LogP contribution in [-0.2, 0) is 24.8 Å². The quantitative estimate of drug-likeness (QED) is 0.822. The number of hydrogen-bond acceptors (Lipinski definition) is 3. The van der Waals surface area contributed by atoms with Crippen LogP contribution in [0.5, 0.6) is 0 Å². The van der Waals surface area contributed by atoms with E-state index in [4.69, 9.17) is 5.73 Å². The molecule has 0 bridgehead atoms. The lowest BCUT2D eigenvalue weighted by atomic mass is 10.1. The molecule has 116 valence electrons. The maximum absolute atomic E-state index is 12.1. The van der Waals surface area contributed by atoms with Gasteiger partial charge in [0.05, 0.1) is 5.69 Å². The van der Waals surface area contributed by atoms with E-state index < -0.39 is 0 Å². The maximum Gasteiger partial charge on any atom is 0.317 e. The molecule has 1 fully saturated rings. The lowest BCUT2D eigenvalue weighted by Gasteiger charge is -2.17. The van der Waals surface area contributed by atoms with E-state index in [1.807, 2.05) is 20.2 Å². The smallest absolute Gasteiger partial charge is 0.317 e. The molecule has 1 saturated heterocycles. The second kappa shape index (κ2) is 6.60. The Morgan fingerprint density at radius 1 is 1.52 bits per heavy atom. The Morgan fingerprint density at radius 2 is 2.29 bits per heavy atom. The molecule has 21 heavy (non-hydrogen) atoms. The fourth-order valence-electron chi connectivity index (χ4n) is 2.78. The third kappa shape index (κ3) is 3.96. The van der Waals surface area contributed by atoms with Crippen molar-refractivity contribution in [2.24, 2.45) is 18.7 Å². The zero-order valence-corrected chi connectivity index (χ0v) is 12.6. The molecule has 0 aliphatic carbocycles. The van der Waals surface area contributed by atoms with Crippen molar-refractivity contribution < 1.29 is 9.59 Å². The van der Waals surface area contributed by atoms with Crippen LogP contribution in [0.1, 0.15) is 31.0 Å². The van der Waals surface area contributed by atoms with Crippen molar-refractivity contribution in [3.8, 4) is 0 Å². The van der Waals surface area contributed by atoms with Crippen molar-refractivity contribution in [2.75, 3.05) is 13.1 Å². The molecule has 0 radical (unpaired) electrons. The Labute approximate surface area is 124 Å². The van der Waals surface area contributed by atoms with E-state index in [2.05, 4.69) is 10.4 Å². The van der Waals surface area contributed by atoms with Crippen molar-refractivity contribution in [3.05, 3.63) is 17.5 Å². The molecule has 0 aromatic carbocycles. The number of aryl methyl sites for hydroxylation is 2. The molecule has 7 nitrogen and oxygen atoms in total. The van der Waals surface area contributed by atoms with Gasteiger partial charge < -0.3 is 16.0 Å². The highest BCUT2D eigenvalue weighted by Crippen LogP contribution is 2.19. The normalized spacial score (nSPS) is 18.0. The zero-order chi connectivity index (χ0) is 15.4. The number of hydrogen-bond donors (Lipinski definition) is 2. The van der Waals surface area contributed by atoms with Crippen molar-refractivity contribution in [1.29, 1.82) is 0 Å². The fraction of sp³-hybridized carbons (Fsp3) is 0.643. The Kier molecular flexibility index (Phi) is 4.82. The van der Waals surface area contributed by atoms with Crippen molar-refractivity contribution in [3.63, 3.8) is 0 Å². The molecule has 2 rings (SSSR count). The van der Waals surface area contributed by atoms with Gasteiger partial charge in [0.1, 0.15) is 0 Å². The minimum Gasteiger partial charge on any atom is -0.370 e. The summed E-state index contributed by atoms with van der Waals surface area (Å²) < 4.78 is 1.76. The van der Waals surface area contributed by atoms with Crippen LogP contribution >= 0.6 is 0 Å². The predicted molar refractivity (Wildman–Crippen MR) is 78.3 cm³/mol. The molecule has 1 aromatic heterocycles. The molecule has 1 aromatic rings. The third-order valence-corrected chi connectivity index (χ3v) is 3.82. The van der Waals surface area contributed by atoms with Gasteiger partial charge in [-0.05, 0) is 18.8 Å². The number of likely N-dealkylation sites (tertiary alicyclic amines) is 1. The first-order chi connectivity index (χ1) is 9.99. The van der Waals surface area contributed by atoms with Gasteiger partial charge in [-0.3, -0.25) is 9.48 Å². The Morgan fingerprint density at radius 3 is 2.95 bits per heavy atom. The Hall–Kier alpha value is -2.05. The number of primary amides is 1. The van der Waals surface area contributed by atoms with Crippen LogP contribution < -0.4 is 11.1 Å². The van der Waals surface area contributed by atoms with Crippen molar-refractivity contribution >= 4 is 11.9 Å². The summed E-state index contributed by atoms with van der Waals surface area (Å²) in [5.41, 5.74) is 7.24. The Balaban J connectivity index is 1.84. The number of nitrogens with two attached hydrogens (primary N) is 1. The molecular weight excluding hydrogens is 270 g/mol. The van der Waals surface area contributed by atoms with Crippen LogP contribution in [0.15, 0.2) is 6.20 Å².